The zero-order valence-corrected chi connectivity index (χ0v) is 38.8. The summed E-state index contributed by atoms with van der Waals surface area (Å²) in [6.45, 7) is 4.59. The zero-order chi connectivity index (χ0) is 43.7. The van der Waals surface area contributed by atoms with Crippen molar-refractivity contribution in [1.82, 2.24) is 0 Å². The topological polar surface area (TPSA) is 117 Å². The third-order valence-corrected chi connectivity index (χ3v) is 10.2. The van der Waals surface area contributed by atoms with Gasteiger partial charge in [0.2, 0.25) is 0 Å². The fourth-order valence-electron chi connectivity index (χ4n) is 5.78. The summed E-state index contributed by atoms with van der Waals surface area (Å²) < 4.78 is 33.4. The van der Waals surface area contributed by atoms with Gasteiger partial charge in [-0.05, 0) is 96.3 Å². The van der Waals surface area contributed by atoms with E-state index in [9.17, 15) is 14.3 Å². The second kappa shape index (κ2) is 47.2. The molecule has 0 radical (unpaired) electrons. The van der Waals surface area contributed by atoms with Crippen LogP contribution < -0.4 is 5.73 Å². The Morgan fingerprint density at radius 2 is 0.933 bits per heavy atom. The number of phosphoric ester groups is 1. The van der Waals surface area contributed by atoms with Crippen LogP contribution >= 0.6 is 7.82 Å². The maximum absolute atomic E-state index is 12.6. The molecule has 2 atom stereocenters. The summed E-state index contributed by atoms with van der Waals surface area (Å²) in [5.74, 6) is -0.367. The van der Waals surface area contributed by atoms with Crippen LogP contribution in [-0.2, 0) is 27.9 Å². The van der Waals surface area contributed by atoms with Crippen LogP contribution in [0.4, 0.5) is 0 Å². The molecule has 9 heteroatoms. The second-order valence-corrected chi connectivity index (χ2v) is 16.3. The highest BCUT2D eigenvalue weighted by Crippen LogP contribution is 2.43. The Bertz CT molecular complexity index is 1280. The highest BCUT2D eigenvalue weighted by Gasteiger charge is 2.25. The molecule has 60 heavy (non-hydrogen) atoms. The van der Waals surface area contributed by atoms with Crippen LogP contribution in [-0.4, -0.2) is 49.9 Å². The molecular weight excluding hydrogens is 770 g/mol. The maximum Gasteiger partial charge on any atom is 0.472 e. The third kappa shape index (κ3) is 46.2. The molecule has 0 aliphatic rings. The number of hydrogen-bond donors (Lipinski definition) is 2. The largest absolute Gasteiger partial charge is 0.472 e. The molecule has 0 amide bonds. The Kier molecular flexibility index (Phi) is 45.0. The van der Waals surface area contributed by atoms with Gasteiger partial charge in [-0.25, -0.2) is 4.57 Å². The van der Waals surface area contributed by atoms with Crippen molar-refractivity contribution in [2.24, 2.45) is 5.73 Å². The Morgan fingerprint density at radius 3 is 1.40 bits per heavy atom. The first kappa shape index (κ1) is 57.2. The molecule has 0 heterocycles. The molecule has 8 nitrogen and oxygen atoms in total. The van der Waals surface area contributed by atoms with Gasteiger partial charge in [-0.2, -0.15) is 0 Å². The van der Waals surface area contributed by atoms with Crippen molar-refractivity contribution in [3.8, 4) is 0 Å². The Hall–Kier alpha value is -2.84. The number of carbonyl (C=O) groups is 1. The molecule has 0 saturated carbocycles. The minimum Gasteiger partial charge on any atom is -0.457 e. The molecule has 342 valence electrons. The monoisotopic (exact) mass is 856 g/mol. The third-order valence-electron chi connectivity index (χ3n) is 9.17. The summed E-state index contributed by atoms with van der Waals surface area (Å²) in [5, 5.41) is 0. The van der Waals surface area contributed by atoms with Crippen molar-refractivity contribution in [2.75, 3.05) is 33.0 Å². The number of allylic oxidation sites excluding steroid dienone is 18. The molecule has 2 unspecified atom stereocenters. The van der Waals surface area contributed by atoms with Crippen molar-refractivity contribution >= 4 is 13.8 Å². The van der Waals surface area contributed by atoms with E-state index in [0.29, 0.717) is 6.61 Å². The molecule has 0 saturated heterocycles. The van der Waals surface area contributed by atoms with E-state index in [2.05, 4.69) is 123 Å². The highest BCUT2D eigenvalue weighted by atomic mass is 31.2. The van der Waals surface area contributed by atoms with E-state index in [1.807, 2.05) is 0 Å². The van der Waals surface area contributed by atoms with Gasteiger partial charge in [0, 0.05) is 19.6 Å². The van der Waals surface area contributed by atoms with Gasteiger partial charge in [-0.3, -0.25) is 13.8 Å². The number of nitrogens with two attached hydrogens (primary N) is 1. The number of ether oxygens (including phenoxy) is 2. The Labute approximate surface area is 367 Å². The highest BCUT2D eigenvalue weighted by molar-refractivity contribution is 7.47. The molecule has 0 aliphatic heterocycles. The second-order valence-electron chi connectivity index (χ2n) is 14.9. The quantitative estimate of drug-likeness (QED) is 0.0269. The van der Waals surface area contributed by atoms with Gasteiger partial charge in [0.25, 0.3) is 0 Å². The van der Waals surface area contributed by atoms with Gasteiger partial charge < -0.3 is 20.1 Å². The zero-order valence-electron chi connectivity index (χ0n) is 37.9. The first-order chi connectivity index (χ1) is 29.4. The molecule has 3 N–H and O–H groups in total. The number of unbranched alkanes of at least 4 members (excludes halogenated alkanes) is 12. The molecule has 0 aromatic carbocycles. The first-order valence-electron chi connectivity index (χ1n) is 23.4. The van der Waals surface area contributed by atoms with Gasteiger partial charge in [0.1, 0.15) is 6.10 Å². The number of carbonyl (C=O) groups excluding carboxylic acids is 1. The van der Waals surface area contributed by atoms with Crippen molar-refractivity contribution < 1.29 is 32.8 Å². The standard InChI is InChI=1S/C51H86NO7P/c1-3-5-7-9-11-13-15-17-19-21-23-25-26-28-30-32-34-36-38-40-42-44-51(53)59-50(49-58-60(54,55)57-47-45-52)48-56-46-43-41-39-37-35-33-31-29-27-24-22-20-18-16-14-12-10-8-6-4-2/h6,8,12,14-15,17-18,20-21,23-24,26-28,31,33,37,39,50H,3-5,7,9-11,13,16,19,22,25,29-30,32,34-36,38,40-49,52H2,1-2H3,(H,54,55)/b8-6-,14-12-,17-15-,20-18-,23-21-,27-24-,28-26-,33-31-,39-37-. The molecule has 0 aliphatic carbocycles. The van der Waals surface area contributed by atoms with Crippen LogP contribution in [0.1, 0.15) is 168 Å². The van der Waals surface area contributed by atoms with Crippen molar-refractivity contribution in [1.29, 1.82) is 0 Å². The van der Waals surface area contributed by atoms with Crippen LogP contribution in [0.25, 0.3) is 0 Å². The summed E-state index contributed by atoms with van der Waals surface area (Å²) in [6.07, 6.45) is 64.1. The normalized spacial score (nSPS) is 14.4. The fourth-order valence-corrected chi connectivity index (χ4v) is 6.55. The lowest BCUT2D eigenvalue weighted by Crippen LogP contribution is -2.28. The molecule has 0 fully saturated rings. The average Bonchev–Trinajstić information content (AvgIpc) is 3.24. The van der Waals surface area contributed by atoms with Crippen LogP contribution in [0.5, 0.6) is 0 Å². The number of rotatable bonds is 43. The molecule has 0 aromatic rings. The van der Waals surface area contributed by atoms with Crippen LogP contribution in [0, 0.1) is 0 Å². The van der Waals surface area contributed by atoms with E-state index >= 15 is 0 Å². The minimum atomic E-state index is -4.31. The molecule has 0 aromatic heterocycles. The average molecular weight is 856 g/mol. The number of esters is 1. The van der Waals surface area contributed by atoms with Gasteiger partial charge in [-0.1, -0.05) is 175 Å². The number of hydrogen-bond acceptors (Lipinski definition) is 7. The van der Waals surface area contributed by atoms with E-state index in [-0.39, 0.29) is 38.8 Å². The summed E-state index contributed by atoms with van der Waals surface area (Å²) in [7, 11) is -4.31. The molecule has 0 bridgehead atoms. The number of phosphoric acid groups is 1. The van der Waals surface area contributed by atoms with Crippen molar-refractivity contribution in [2.45, 2.75) is 174 Å². The Balaban J connectivity index is 4.17. The van der Waals surface area contributed by atoms with E-state index in [1.54, 1.807) is 0 Å². The molecule has 0 rings (SSSR count). The van der Waals surface area contributed by atoms with Gasteiger partial charge in [-0.15, -0.1) is 0 Å². The SMILES string of the molecule is CC/C=C\C/C=C\C/C=C\C/C=C\C/C=C\C/C=C\CCCOCC(COP(=O)(O)OCCN)OC(=O)CCCCCCCC/C=C\C/C=C\C/C=C\CCCCCCC. The summed E-state index contributed by atoms with van der Waals surface area (Å²) in [5.41, 5.74) is 5.37. The Morgan fingerprint density at radius 1 is 0.517 bits per heavy atom. The lowest BCUT2D eigenvalue weighted by Gasteiger charge is -2.20. The van der Waals surface area contributed by atoms with Crippen LogP contribution in [0.15, 0.2) is 109 Å². The van der Waals surface area contributed by atoms with Gasteiger partial charge in [0.15, 0.2) is 0 Å². The lowest BCUT2D eigenvalue weighted by atomic mass is 10.1. The van der Waals surface area contributed by atoms with E-state index < -0.39 is 13.9 Å². The van der Waals surface area contributed by atoms with E-state index in [1.165, 1.54) is 51.4 Å². The van der Waals surface area contributed by atoms with Crippen molar-refractivity contribution in [3.63, 3.8) is 0 Å². The minimum absolute atomic E-state index is 0.0633. The van der Waals surface area contributed by atoms with Gasteiger partial charge in [0.05, 0.1) is 19.8 Å². The maximum atomic E-state index is 12.6. The fraction of sp³-hybridized carbons (Fsp3) is 0.627. The smallest absolute Gasteiger partial charge is 0.457 e. The van der Waals surface area contributed by atoms with Gasteiger partial charge >= 0.3 is 13.8 Å². The predicted molar refractivity (Wildman–Crippen MR) is 256 cm³/mol. The van der Waals surface area contributed by atoms with E-state index in [4.69, 9.17) is 24.3 Å². The van der Waals surface area contributed by atoms with Crippen LogP contribution in [0.3, 0.4) is 0 Å². The summed E-state index contributed by atoms with van der Waals surface area (Å²) in [4.78, 5) is 22.5. The lowest BCUT2D eigenvalue weighted by molar-refractivity contribution is -0.154. The predicted octanol–water partition coefficient (Wildman–Crippen LogP) is 14.4. The van der Waals surface area contributed by atoms with Crippen molar-refractivity contribution in [3.05, 3.63) is 109 Å². The molecule has 0 spiro atoms. The van der Waals surface area contributed by atoms with E-state index in [0.717, 1.165) is 96.3 Å². The summed E-state index contributed by atoms with van der Waals surface area (Å²) in [6, 6.07) is 0. The summed E-state index contributed by atoms with van der Waals surface area (Å²) >= 11 is 0. The molecular formula is C51H86NO7P. The van der Waals surface area contributed by atoms with Crippen LogP contribution in [0.2, 0.25) is 0 Å². The first-order valence-corrected chi connectivity index (χ1v) is 24.9.